The molecular weight excluding hydrogens is 230 g/mol. The molecule has 5 nitrogen and oxygen atoms in total. The fraction of sp³-hybridized carbons (Fsp3) is 0.846. The summed E-state index contributed by atoms with van der Waals surface area (Å²) in [6.07, 6.45) is 7.07. The summed E-state index contributed by atoms with van der Waals surface area (Å²) in [7, 11) is 1.86. The number of carbonyl (C=O) groups excluding carboxylic acids is 2. The maximum Gasteiger partial charge on any atom is 0.239 e. The lowest BCUT2D eigenvalue weighted by atomic mass is 9.95. The normalized spacial score (nSPS) is 16.3. The topological polar surface area (TPSA) is 70.2 Å². The molecule has 0 radical (unpaired) electrons. The van der Waals surface area contributed by atoms with E-state index in [1.165, 1.54) is 19.3 Å². The minimum absolute atomic E-state index is 0.0518. The second-order valence-electron chi connectivity index (χ2n) is 4.89. The van der Waals surface area contributed by atoms with Crippen LogP contribution in [0, 0.1) is 0 Å². The highest BCUT2D eigenvalue weighted by atomic mass is 16.2. The summed E-state index contributed by atoms with van der Waals surface area (Å²) in [6.45, 7) is 0.927. The maximum atomic E-state index is 11.6. The van der Waals surface area contributed by atoms with Crippen LogP contribution < -0.4 is 16.0 Å². The lowest BCUT2D eigenvalue weighted by Crippen LogP contribution is -2.42. The third kappa shape index (κ3) is 6.59. The summed E-state index contributed by atoms with van der Waals surface area (Å²) in [6, 6.07) is 0.312. The molecule has 0 aromatic heterocycles. The molecule has 1 aliphatic carbocycles. The van der Waals surface area contributed by atoms with Gasteiger partial charge in [-0.15, -0.1) is 0 Å². The smallest absolute Gasteiger partial charge is 0.239 e. The van der Waals surface area contributed by atoms with Gasteiger partial charge >= 0.3 is 0 Å². The predicted octanol–water partition coefficient (Wildman–Crippen LogP) is 0.551. The number of hydrogen-bond donors (Lipinski definition) is 3. The first-order chi connectivity index (χ1) is 8.72. The minimum Gasteiger partial charge on any atom is -0.352 e. The number of hydrogen-bond acceptors (Lipinski definition) is 3. The summed E-state index contributed by atoms with van der Waals surface area (Å²) in [5, 5.41) is 8.61. The lowest BCUT2D eigenvalue weighted by Gasteiger charge is -2.22. The van der Waals surface area contributed by atoms with Crippen molar-refractivity contribution < 1.29 is 9.59 Å². The molecule has 0 bridgehead atoms. The summed E-state index contributed by atoms with van der Waals surface area (Å²) in [5.41, 5.74) is 0. The zero-order valence-electron chi connectivity index (χ0n) is 11.3. The predicted molar refractivity (Wildman–Crippen MR) is 71.2 cm³/mol. The summed E-state index contributed by atoms with van der Waals surface area (Å²) in [4.78, 5) is 23.0. The third-order valence-electron chi connectivity index (χ3n) is 3.25. The van der Waals surface area contributed by atoms with Gasteiger partial charge in [-0.3, -0.25) is 9.59 Å². The fourth-order valence-corrected chi connectivity index (χ4v) is 2.22. The first-order valence-electron chi connectivity index (χ1n) is 6.93. The van der Waals surface area contributed by atoms with Crippen LogP contribution in [0.15, 0.2) is 0 Å². The van der Waals surface area contributed by atoms with E-state index in [-0.39, 0.29) is 18.4 Å². The number of carbonyl (C=O) groups is 2. The van der Waals surface area contributed by atoms with Gasteiger partial charge in [0, 0.05) is 12.5 Å². The van der Waals surface area contributed by atoms with Gasteiger partial charge in [-0.2, -0.15) is 0 Å². The first kappa shape index (κ1) is 15.0. The van der Waals surface area contributed by atoms with Gasteiger partial charge in [-0.1, -0.05) is 19.3 Å². The van der Waals surface area contributed by atoms with E-state index in [4.69, 9.17) is 0 Å². The molecule has 5 heteroatoms. The lowest BCUT2D eigenvalue weighted by molar-refractivity contribution is -0.126. The van der Waals surface area contributed by atoms with Gasteiger partial charge in [-0.25, -0.2) is 0 Å². The van der Waals surface area contributed by atoms with Crippen LogP contribution in [0.5, 0.6) is 0 Å². The van der Waals surface area contributed by atoms with E-state index in [1.807, 2.05) is 7.05 Å². The van der Waals surface area contributed by atoms with Crippen molar-refractivity contribution in [3.63, 3.8) is 0 Å². The third-order valence-corrected chi connectivity index (χ3v) is 3.25. The first-order valence-corrected chi connectivity index (χ1v) is 6.93. The van der Waals surface area contributed by atoms with Crippen molar-refractivity contribution in [3.05, 3.63) is 0 Å². The van der Waals surface area contributed by atoms with E-state index in [1.54, 1.807) is 0 Å². The average molecular weight is 255 g/mol. The second kappa shape index (κ2) is 8.91. The fourth-order valence-electron chi connectivity index (χ4n) is 2.22. The standard InChI is InChI=1S/C13H25N3O2/c1-14-9-5-8-12(17)15-10-13(18)16-11-6-3-2-4-7-11/h11,14H,2-10H2,1H3,(H,15,17)(H,16,18). The molecule has 0 aromatic carbocycles. The van der Waals surface area contributed by atoms with Gasteiger partial charge in [0.05, 0.1) is 6.54 Å². The van der Waals surface area contributed by atoms with Crippen LogP contribution in [-0.4, -0.2) is 38.0 Å². The summed E-state index contributed by atoms with van der Waals surface area (Å²) in [5.74, 6) is -0.118. The molecule has 0 saturated heterocycles. The van der Waals surface area contributed by atoms with Gasteiger partial charge in [0.15, 0.2) is 0 Å². The van der Waals surface area contributed by atoms with E-state index in [0.29, 0.717) is 12.5 Å². The zero-order valence-corrected chi connectivity index (χ0v) is 11.3. The molecule has 18 heavy (non-hydrogen) atoms. The molecule has 0 aliphatic heterocycles. The number of nitrogens with one attached hydrogen (secondary N) is 3. The minimum atomic E-state index is -0.0659. The Morgan fingerprint density at radius 2 is 1.83 bits per heavy atom. The highest BCUT2D eigenvalue weighted by Crippen LogP contribution is 2.16. The molecule has 3 N–H and O–H groups in total. The second-order valence-corrected chi connectivity index (χ2v) is 4.89. The van der Waals surface area contributed by atoms with Gasteiger partial charge in [-0.05, 0) is 32.9 Å². The quantitative estimate of drug-likeness (QED) is 0.582. The molecule has 1 fully saturated rings. The van der Waals surface area contributed by atoms with E-state index in [9.17, 15) is 9.59 Å². The molecule has 104 valence electrons. The maximum absolute atomic E-state index is 11.6. The van der Waals surface area contributed by atoms with Gasteiger partial charge in [0.25, 0.3) is 0 Å². The van der Waals surface area contributed by atoms with Crippen LogP contribution in [0.1, 0.15) is 44.9 Å². The van der Waals surface area contributed by atoms with Crippen LogP contribution in [0.2, 0.25) is 0 Å². The van der Waals surface area contributed by atoms with Gasteiger partial charge < -0.3 is 16.0 Å². The van der Waals surface area contributed by atoms with E-state index in [2.05, 4.69) is 16.0 Å². The Hall–Kier alpha value is -1.10. The largest absolute Gasteiger partial charge is 0.352 e. The highest BCUT2D eigenvalue weighted by Gasteiger charge is 2.15. The van der Waals surface area contributed by atoms with E-state index >= 15 is 0 Å². The molecule has 1 rings (SSSR count). The molecule has 0 spiro atoms. The zero-order chi connectivity index (χ0) is 13.2. The molecule has 0 aromatic rings. The molecule has 1 aliphatic rings. The van der Waals surface area contributed by atoms with Crippen molar-refractivity contribution in [1.29, 1.82) is 0 Å². The van der Waals surface area contributed by atoms with Crippen molar-refractivity contribution in [2.24, 2.45) is 0 Å². The average Bonchev–Trinajstić information content (AvgIpc) is 2.38. The van der Waals surface area contributed by atoms with Crippen molar-refractivity contribution >= 4 is 11.8 Å². The Labute approximate surface area is 109 Å². The van der Waals surface area contributed by atoms with Crippen LogP contribution in [0.4, 0.5) is 0 Å². The Kier molecular flexibility index (Phi) is 7.41. The van der Waals surface area contributed by atoms with E-state index in [0.717, 1.165) is 25.8 Å². The van der Waals surface area contributed by atoms with Crippen LogP contribution >= 0.6 is 0 Å². The molecule has 0 heterocycles. The Morgan fingerprint density at radius 3 is 2.50 bits per heavy atom. The monoisotopic (exact) mass is 255 g/mol. The van der Waals surface area contributed by atoms with Crippen molar-refractivity contribution in [1.82, 2.24) is 16.0 Å². The molecule has 2 amide bonds. The summed E-state index contributed by atoms with van der Waals surface area (Å²) >= 11 is 0. The molecular formula is C13H25N3O2. The van der Waals surface area contributed by atoms with Crippen LogP contribution in [0.25, 0.3) is 0 Å². The number of amides is 2. The Morgan fingerprint density at radius 1 is 1.11 bits per heavy atom. The van der Waals surface area contributed by atoms with Crippen molar-refractivity contribution in [3.8, 4) is 0 Å². The Bertz CT molecular complexity index is 263. The number of rotatable bonds is 7. The summed E-state index contributed by atoms with van der Waals surface area (Å²) < 4.78 is 0. The van der Waals surface area contributed by atoms with E-state index < -0.39 is 0 Å². The highest BCUT2D eigenvalue weighted by molar-refractivity contribution is 5.84. The van der Waals surface area contributed by atoms with Crippen LogP contribution in [0.3, 0.4) is 0 Å². The molecule has 1 saturated carbocycles. The Balaban J connectivity index is 2.06. The SMILES string of the molecule is CNCCCC(=O)NCC(=O)NC1CCCCC1. The van der Waals surface area contributed by atoms with Crippen molar-refractivity contribution in [2.75, 3.05) is 20.1 Å². The van der Waals surface area contributed by atoms with Gasteiger partial charge in [0.2, 0.25) is 11.8 Å². The van der Waals surface area contributed by atoms with Gasteiger partial charge in [0.1, 0.15) is 0 Å². The molecule has 0 unspecified atom stereocenters. The molecule has 0 atom stereocenters. The van der Waals surface area contributed by atoms with Crippen LogP contribution in [-0.2, 0) is 9.59 Å². The van der Waals surface area contributed by atoms with Crippen molar-refractivity contribution in [2.45, 2.75) is 51.0 Å².